The van der Waals surface area contributed by atoms with Crippen LogP contribution in [0.1, 0.15) is 37.3 Å². The Morgan fingerprint density at radius 1 is 1.27 bits per heavy atom. The average molecular weight is 383 g/mol. The van der Waals surface area contributed by atoms with Crippen molar-refractivity contribution < 1.29 is 19.5 Å². The molecule has 1 atom stereocenters. The van der Waals surface area contributed by atoms with Crippen LogP contribution < -0.4 is 10.6 Å². The molecule has 3 rings (SSSR count). The van der Waals surface area contributed by atoms with E-state index in [0.29, 0.717) is 18.8 Å². The van der Waals surface area contributed by atoms with E-state index in [1.54, 1.807) is 6.20 Å². The van der Waals surface area contributed by atoms with Crippen molar-refractivity contribution in [1.82, 2.24) is 15.2 Å². The predicted molar refractivity (Wildman–Crippen MR) is 97.3 cm³/mol. The zero-order chi connectivity index (χ0) is 17.8. The lowest BCUT2D eigenvalue weighted by molar-refractivity contribution is -0.138. The summed E-state index contributed by atoms with van der Waals surface area (Å²) in [6.45, 7) is 1.61. The van der Waals surface area contributed by atoms with Gasteiger partial charge in [-0.05, 0) is 44.5 Å². The van der Waals surface area contributed by atoms with Gasteiger partial charge >= 0.3 is 5.97 Å². The third kappa shape index (κ3) is 5.15. The average Bonchev–Trinajstić information content (AvgIpc) is 2.58. The lowest BCUT2D eigenvalue weighted by Crippen LogP contribution is -2.47. The van der Waals surface area contributed by atoms with Crippen LogP contribution in [0.2, 0.25) is 0 Å². The Morgan fingerprint density at radius 3 is 2.58 bits per heavy atom. The standard InChI is InChI=1S/C17H22N4O4.ClH/c22-15-4-3-14(17(25)20-15)19-12-1-2-13(18-9-12)11-5-7-21(8-6-11)10-16(23)24;/h1-2,9,11,14,19H,3-8,10H2,(H,23,24)(H,20,22,25);1H. The third-order valence-corrected chi connectivity index (χ3v) is 4.73. The number of rotatable bonds is 5. The highest BCUT2D eigenvalue weighted by molar-refractivity contribution is 6.01. The van der Waals surface area contributed by atoms with E-state index in [0.717, 1.165) is 37.3 Å². The van der Waals surface area contributed by atoms with E-state index in [1.165, 1.54) is 0 Å². The molecule has 0 radical (unpaired) electrons. The maximum Gasteiger partial charge on any atom is 0.317 e. The van der Waals surface area contributed by atoms with Crippen molar-refractivity contribution in [3.05, 3.63) is 24.0 Å². The van der Waals surface area contributed by atoms with E-state index in [2.05, 4.69) is 15.6 Å². The van der Waals surface area contributed by atoms with Crippen LogP contribution in [-0.2, 0) is 14.4 Å². The van der Waals surface area contributed by atoms with Crippen molar-refractivity contribution >= 4 is 35.9 Å². The van der Waals surface area contributed by atoms with Gasteiger partial charge in [0.2, 0.25) is 11.8 Å². The van der Waals surface area contributed by atoms with Gasteiger partial charge in [-0.3, -0.25) is 29.6 Å². The molecular weight excluding hydrogens is 360 g/mol. The van der Waals surface area contributed by atoms with E-state index in [1.807, 2.05) is 17.0 Å². The second-order valence-electron chi connectivity index (χ2n) is 6.56. The highest BCUT2D eigenvalue weighted by Crippen LogP contribution is 2.27. The number of imide groups is 1. The largest absolute Gasteiger partial charge is 0.480 e. The van der Waals surface area contributed by atoms with Crippen molar-refractivity contribution in [2.24, 2.45) is 0 Å². The van der Waals surface area contributed by atoms with Crippen LogP contribution >= 0.6 is 12.4 Å². The van der Waals surface area contributed by atoms with E-state index in [9.17, 15) is 14.4 Å². The Kier molecular flexibility index (Phi) is 6.93. The second-order valence-corrected chi connectivity index (χ2v) is 6.56. The molecule has 9 heteroatoms. The number of hydrogen-bond acceptors (Lipinski definition) is 6. The quantitative estimate of drug-likeness (QED) is 0.651. The highest BCUT2D eigenvalue weighted by atomic mass is 35.5. The molecule has 2 aliphatic heterocycles. The fraction of sp³-hybridized carbons (Fsp3) is 0.529. The van der Waals surface area contributed by atoms with Gasteiger partial charge in [-0.1, -0.05) is 0 Å². The number of nitrogens with one attached hydrogen (secondary N) is 2. The summed E-state index contributed by atoms with van der Waals surface area (Å²) in [4.78, 5) is 40.1. The van der Waals surface area contributed by atoms with Gasteiger partial charge in [-0.25, -0.2) is 0 Å². The van der Waals surface area contributed by atoms with Crippen LogP contribution in [0.3, 0.4) is 0 Å². The smallest absolute Gasteiger partial charge is 0.317 e. The maximum absolute atomic E-state index is 11.8. The number of aromatic nitrogens is 1. The number of aliphatic carboxylic acids is 1. The van der Waals surface area contributed by atoms with Crippen LogP contribution in [0.25, 0.3) is 0 Å². The number of carbonyl (C=O) groups is 3. The first-order chi connectivity index (χ1) is 12.0. The molecule has 0 aliphatic carbocycles. The first kappa shape index (κ1) is 20.1. The number of piperidine rings is 2. The Labute approximate surface area is 157 Å². The van der Waals surface area contributed by atoms with Gasteiger partial charge in [0.1, 0.15) is 6.04 Å². The number of hydrogen-bond donors (Lipinski definition) is 3. The minimum absolute atomic E-state index is 0. The normalized spacial score (nSPS) is 21.6. The van der Waals surface area contributed by atoms with Crippen LogP contribution in [0.4, 0.5) is 5.69 Å². The summed E-state index contributed by atoms with van der Waals surface area (Å²) >= 11 is 0. The molecule has 2 aliphatic rings. The number of halogens is 1. The maximum atomic E-state index is 11.8. The Morgan fingerprint density at radius 2 is 2.00 bits per heavy atom. The summed E-state index contributed by atoms with van der Waals surface area (Å²) in [6, 6.07) is 3.44. The van der Waals surface area contributed by atoms with Crippen LogP contribution in [0.5, 0.6) is 0 Å². The monoisotopic (exact) mass is 382 g/mol. The van der Waals surface area contributed by atoms with Gasteiger partial charge in [-0.2, -0.15) is 0 Å². The Balaban J connectivity index is 0.00000243. The minimum Gasteiger partial charge on any atom is -0.480 e. The predicted octanol–water partition coefficient (Wildman–Crippen LogP) is 0.984. The molecule has 2 fully saturated rings. The van der Waals surface area contributed by atoms with Crippen molar-refractivity contribution in [2.75, 3.05) is 25.0 Å². The number of pyridine rings is 1. The van der Waals surface area contributed by atoms with Crippen LogP contribution in [0.15, 0.2) is 18.3 Å². The molecule has 1 aromatic rings. The van der Waals surface area contributed by atoms with Crippen LogP contribution in [-0.4, -0.2) is 58.5 Å². The van der Waals surface area contributed by atoms with Gasteiger partial charge < -0.3 is 10.4 Å². The summed E-state index contributed by atoms with van der Waals surface area (Å²) < 4.78 is 0. The van der Waals surface area contributed by atoms with Crippen molar-refractivity contribution in [3.63, 3.8) is 0 Å². The Bertz CT molecular complexity index is 659. The summed E-state index contributed by atoms with van der Waals surface area (Å²) in [5.41, 5.74) is 1.74. The fourth-order valence-corrected chi connectivity index (χ4v) is 3.34. The van der Waals surface area contributed by atoms with Crippen molar-refractivity contribution in [1.29, 1.82) is 0 Å². The first-order valence-corrected chi connectivity index (χ1v) is 8.51. The number of likely N-dealkylation sites (tertiary alicyclic amines) is 1. The minimum atomic E-state index is -0.791. The number of carbonyl (C=O) groups excluding carboxylic acids is 2. The summed E-state index contributed by atoms with van der Waals surface area (Å²) in [5, 5.41) is 14.3. The molecule has 8 nitrogen and oxygen atoms in total. The zero-order valence-electron chi connectivity index (χ0n) is 14.3. The molecule has 3 heterocycles. The number of carboxylic acids is 1. The van der Waals surface area contributed by atoms with E-state index in [4.69, 9.17) is 5.11 Å². The van der Waals surface area contributed by atoms with Crippen LogP contribution in [0, 0.1) is 0 Å². The van der Waals surface area contributed by atoms with Gasteiger partial charge in [0.05, 0.1) is 18.4 Å². The van der Waals surface area contributed by atoms with Gasteiger partial charge in [0, 0.05) is 18.0 Å². The van der Waals surface area contributed by atoms with E-state index >= 15 is 0 Å². The van der Waals surface area contributed by atoms with Gasteiger partial charge in [0.25, 0.3) is 0 Å². The molecule has 2 saturated heterocycles. The molecule has 26 heavy (non-hydrogen) atoms. The third-order valence-electron chi connectivity index (χ3n) is 4.73. The topological polar surface area (TPSA) is 112 Å². The molecule has 0 bridgehead atoms. The molecule has 1 aromatic heterocycles. The molecule has 0 aromatic carbocycles. The molecule has 0 spiro atoms. The Hall–Kier alpha value is -2.19. The fourth-order valence-electron chi connectivity index (χ4n) is 3.34. The van der Waals surface area contributed by atoms with E-state index < -0.39 is 12.0 Å². The van der Waals surface area contributed by atoms with E-state index in [-0.39, 0.29) is 30.8 Å². The molecule has 3 N–H and O–H groups in total. The second kappa shape index (κ2) is 8.95. The lowest BCUT2D eigenvalue weighted by atomic mass is 9.93. The lowest BCUT2D eigenvalue weighted by Gasteiger charge is -2.30. The highest BCUT2D eigenvalue weighted by Gasteiger charge is 2.27. The molecular formula is C17H23ClN4O4. The van der Waals surface area contributed by atoms with Gasteiger partial charge in [-0.15, -0.1) is 12.4 Å². The van der Waals surface area contributed by atoms with Crippen molar-refractivity contribution in [2.45, 2.75) is 37.6 Å². The summed E-state index contributed by atoms with van der Waals surface area (Å²) in [7, 11) is 0. The zero-order valence-corrected chi connectivity index (χ0v) is 15.1. The first-order valence-electron chi connectivity index (χ1n) is 8.51. The molecule has 142 valence electrons. The number of amides is 2. The number of anilines is 1. The number of nitrogens with zero attached hydrogens (tertiary/aromatic N) is 2. The molecule has 2 amide bonds. The summed E-state index contributed by atoms with van der Waals surface area (Å²) in [5.74, 6) is -0.993. The van der Waals surface area contributed by atoms with Gasteiger partial charge in [0.15, 0.2) is 0 Å². The summed E-state index contributed by atoms with van der Waals surface area (Å²) in [6.07, 6.45) is 4.31. The SMILES string of the molecule is Cl.O=C(O)CN1CCC(c2ccc(NC3CCC(=O)NC3=O)cn2)CC1. The number of carboxylic acid groups (broad SMARTS) is 1. The molecule has 0 saturated carbocycles. The molecule has 1 unspecified atom stereocenters. The van der Waals surface area contributed by atoms with Crippen molar-refractivity contribution in [3.8, 4) is 0 Å².